The lowest BCUT2D eigenvalue weighted by atomic mass is 9.76. The second-order valence-corrected chi connectivity index (χ2v) is 13.5. The molecular formula is C40H44O9. The third-order valence-electron chi connectivity index (χ3n) is 10.3. The first kappa shape index (κ1) is 33.1. The van der Waals surface area contributed by atoms with Gasteiger partial charge in [0.05, 0.1) is 38.6 Å². The van der Waals surface area contributed by atoms with E-state index < -0.39 is 24.0 Å². The van der Waals surface area contributed by atoms with Gasteiger partial charge in [-0.3, -0.25) is 0 Å². The number of methoxy groups -OCH3 is 1. The maximum absolute atomic E-state index is 12.0. The van der Waals surface area contributed by atoms with Gasteiger partial charge < -0.3 is 44.5 Å². The van der Waals surface area contributed by atoms with Crippen LogP contribution >= 0.6 is 0 Å². The molecule has 1 aliphatic carbocycles. The molecule has 4 aromatic rings. The number of hydrogen-bond donors (Lipinski definition) is 5. The summed E-state index contributed by atoms with van der Waals surface area (Å²) < 4.78 is 24.8. The van der Waals surface area contributed by atoms with Gasteiger partial charge in [0.1, 0.15) is 34.5 Å². The van der Waals surface area contributed by atoms with Gasteiger partial charge in [0, 0.05) is 41.6 Å². The van der Waals surface area contributed by atoms with E-state index in [4.69, 9.17) is 18.9 Å². The summed E-state index contributed by atoms with van der Waals surface area (Å²) in [6.45, 7) is 0.423. The van der Waals surface area contributed by atoms with E-state index in [0.717, 1.165) is 53.5 Å². The molecule has 4 atom stereocenters. The highest BCUT2D eigenvalue weighted by Crippen LogP contribution is 2.49. The normalized spacial score (nSPS) is 21.7. The number of rotatable bonds is 10. The molecule has 2 aliphatic heterocycles. The Morgan fingerprint density at radius 2 is 1.53 bits per heavy atom. The first-order valence-electron chi connectivity index (χ1n) is 17.2. The fourth-order valence-electron chi connectivity index (χ4n) is 7.72. The van der Waals surface area contributed by atoms with Gasteiger partial charge in [0.25, 0.3) is 0 Å². The van der Waals surface area contributed by atoms with Crippen molar-refractivity contribution in [1.82, 2.24) is 0 Å². The molecule has 0 aromatic heterocycles. The van der Waals surface area contributed by atoms with E-state index in [0.29, 0.717) is 53.4 Å². The number of aryl methyl sites for hydroxylation is 1. The molecule has 4 unspecified atom stereocenters. The van der Waals surface area contributed by atoms with E-state index in [1.807, 2.05) is 30.3 Å². The number of phenolic OH excluding ortho intramolecular Hbond substituents is 2. The molecule has 4 aromatic carbocycles. The summed E-state index contributed by atoms with van der Waals surface area (Å²) in [7, 11) is 1.58. The van der Waals surface area contributed by atoms with Gasteiger partial charge in [0.2, 0.25) is 0 Å². The second kappa shape index (κ2) is 14.2. The van der Waals surface area contributed by atoms with Gasteiger partial charge in [-0.15, -0.1) is 0 Å². The molecule has 1 fully saturated rings. The van der Waals surface area contributed by atoms with Crippen LogP contribution in [0, 0.1) is 11.8 Å². The maximum atomic E-state index is 12.0. The van der Waals surface area contributed by atoms with Gasteiger partial charge in [-0.05, 0) is 109 Å². The number of aliphatic hydroxyl groups excluding tert-OH is 3. The van der Waals surface area contributed by atoms with Gasteiger partial charge in [-0.1, -0.05) is 18.2 Å². The summed E-state index contributed by atoms with van der Waals surface area (Å²) in [4.78, 5) is 0. The van der Waals surface area contributed by atoms with E-state index in [9.17, 15) is 25.5 Å². The molecule has 49 heavy (non-hydrogen) atoms. The van der Waals surface area contributed by atoms with E-state index in [-0.39, 0.29) is 37.4 Å². The number of aliphatic hydroxyl groups is 3. The predicted octanol–water partition coefficient (Wildman–Crippen LogP) is 6.39. The molecule has 0 radical (unpaired) electrons. The molecule has 0 bridgehead atoms. The van der Waals surface area contributed by atoms with Crippen LogP contribution in [0.2, 0.25) is 0 Å². The summed E-state index contributed by atoms with van der Waals surface area (Å²) >= 11 is 0. The number of phenols is 2. The van der Waals surface area contributed by atoms with Crippen molar-refractivity contribution in [3.8, 4) is 45.6 Å². The molecule has 9 heteroatoms. The first-order chi connectivity index (χ1) is 23.8. The highest BCUT2D eigenvalue weighted by molar-refractivity contribution is 5.70. The molecule has 0 saturated heterocycles. The Balaban J connectivity index is 1.22. The molecule has 0 amide bonds. The Morgan fingerprint density at radius 1 is 0.776 bits per heavy atom. The molecule has 3 aliphatic rings. The largest absolute Gasteiger partial charge is 0.508 e. The highest BCUT2D eigenvalue weighted by Gasteiger charge is 2.43. The van der Waals surface area contributed by atoms with Crippen LogP contribution in [0.5, 0.6) is 34.5 Å². The Morgan fingerprint density at radius 3 is 2.29 bits per heavy atom. The lowest BCUT2D eigenvalue weighted by Gasteiger charge is -2.41. The van der Waals surface area contributed by atoms with E-state index >= 15 is 0 Å². The van der Waals surface area contributed by atoms with Crippen molar-refractivity contribution in [2.45, 2.75) is 63.3 Å². The monoisotopic (exact) mass is 668 g/mol. The maximum Gasteiger partial charge on any atom is 0.128 e. The van der Waals surface area contributed by atoms with Crippen LogP contribution in [0.1, 0.15) is 72.1 Å². The summed E-state index contributed by atoms with van der Waals surface area (Å²) in [5.41, 5.74) is 5.39. The molecule has 0 spiro atoms. The van der Waals surface area contributed by atoms with E-state index in [1.54, 1.807) is 43.5 Å². The molecule has 258 valence electrons. The number of fused-ring (bicyclic) bond motifs is 2. The zero-order chi connectivity index (χ0) is 34.1. The molecule has 1 saturated carbocycles. The predicted molar refractivity (Wildman–Crippen MR) is 184 cm³/mol. The summed E-state index contributed by atoms with van der Waals surface area (Å²) in [6, 6.07) is 19.7. The average molecular weight is 669 g/mol. The minimum absolute atomic E-state index is 0.0640. The smallest absolute Gasteiger partial charge is 0.128 e. The average Bonchev–Trinajstić information content (AvgIpc) is 3.61. The van der Waals surface area contributed by atoms with Crippen molar-refractivity contribution in [2.24, 2.45) is 11.8 Å². The molecular weight excluding hydrogens is 624 g/mol. The van der Waals surface area contributed by atoms with Gasteiger partial charge in [-0.2, -0.15) is 0 Å². The van der Waals surface area contributed by atoms with Gasteiger partial charge in [0.15, 0.2) is 0 Å². The standard InChI is InChI=1S/C40H44O9/c1-46-36-20-32-37(18-24(36)7-5-13-41)47-21-34(38(32)44)35-22-48-40-26(17-30(19-33(40)39(35)45)49-29-9-2-3-10-29)14-25-16-28(43)11-12-31(25)23-6-4-8-27(42)15-23/h4,6,8,11-12,15-20,29,34-35,38-39,41-45H,2-3,5,7,9-10,13-14,21-22H2,1H3. The van der Waals surface area contributed by atoms with Crippen molar-refractivity contribution in [3.05, 3.63) is 94.5 Å². The zero-order valence-electron chi connectivity index (χ0n) is 27.7. The SMILES string of the molecule is COc1cc2c(cc1CCCO)OCC(C1COc3c(Cc4cc(O)ccc4-c4cccc(O)c4)cc(OC4CCCC4)cc3C1O)C2O. The van der Waals surface area contributed by atoms with Crippen LogP contribution in [-0.2, 0) is 12.8 Å². The summed E-state index contributed by atoms with van der Waals surface area (Å²) in [5.74, 6) is 1.74. The first-order valence-corrected chi connectivity index (χ1v) is 17.2. The van der Waals surface area contributed by atoms with Crippen LogP contribution in [0.3, 0.4) is 0 Å². The number of aromatic hydroxyl groups is 2. The van der Waals surface area contributed by atoms with Crippen molar-refractivity contribution in [1.29, 1.82) is 0 Å². The number of ether oxygens (including phenoxy) is 4. The van der Waals surface area contributed by atoms with Crippen LogP contribution in [0.25, 0.3) is 11.1 Å². The van der Waals surface area contributed by atoms with Crippen LogP contribution < -0.4 is 18.9 Å². The topological polar surface area (TPSA) is 138 Å². The minimum Gasteiger partial charge on any atom is -0.508 e. The van der Waals surface area contributed by atoms with Crippen molar-refractivity contribution >= 4 is 0 Å². The van der Waals surface area contributed by atoms with Crippen molar-refractivity contribution < 1.29 is 44.5 Å². The second-order valence-electron chi connectivity index (χ2n) is 13.5. The van der Waals surface area contributed by atoms with Gasteiger partial charge >= 0.3 is 0 Å². The Kier molecular flexibility index (Phi) is 9.58. The third kappa shape index (κ3) is 6.75. The third-order valence-corrected chi connectivity index (χ3v) is 10.3. The molecule has 9 nitrogen and oxygen atoms in total. The fourth-order valence-corrected chi connectivity index (χ4v) is 7.72. The molecule has 2 heterocycles. The highest BCUT2D eigenvalue weighted by atomic mass is 16.5. The zero-order valence-corrected chi connectivity index (χ0v) is 27.7. The van der Waals surface area contributed by atoms with Crippen LogP contribution in [0.15, 0.2) is 66.7 Å². The Bertz CT molecular complexity index is 1800. The molecule has 5 N–H and O–H groups in total. The Hall–Kier alpha value is -4.44. The number of benzene rings is 4. The fraction of sp³-hybridized carbons (Fsp3) is 0.400. The van der Waals surface area contributed by atoms with E-state index in [2.05, 4.69) is 0 Å². The molecule has 7 rings (SSSR count). The van der Waals surface area contributed by atoms with Crippen molar-refractivity contribution in [3.63, 3.8) is 0 Å². The lowest BCUT2D eigenvalue weighted by Crippen LogP contribution is -2.40. The Labute approximate surface area is 286 Å². The summed E-state index contributed by atoms with van der Waals surface area (Å²) in [5, 5.41) is 53.8. The minimum atomic E-state index is -0.972. The van der Waals surface area contributed by atoms with Crippen LogP contribution in [-0.4, -0.2) is 58.6 Å². The van der Waals surface area contributed by atoms with Crippen LogP contribution in [0.4, 0.5) is 0 Å². The lowest BCUT2D eigenvalue weighted by molar-refractivity contribution is -0.0555. The number of hydrogen-bond acceptors (Lipinski definition) is 9. The summed E-state index contributed by atoms with van der Waals surface area (Å²) in [6.07, 6.45) is 3.94. The van der Waals surface area contributed by atoms with E-state index in [1.165, 1.54) is 0 Å². The quantitative estimate of drug-likeness (QED) is 0.130. The van der Waals surface area contributed by atoms with Gasteiger partial charge in [-0.25, -0.2) is 0 Å². The van der Waals surface area contributed by atoms with Crippen molar-refractivity contribution in [2.75, 3.05) is 26.9 Å².